The monoisotopic (exact) mass is 826 g/mol. The van der Waals surface area contributed by atoms with E-state index in [2.05, 4.69) is 23.0 Å². The van der Waals surface area contributed by atoms with Crippen molar-refractivity contribution in [3.05, 3.63) is 71.8 Å². The number of ketones is 2. The molecule has 4 aliphatic carbocycles. The Balaban J connectivity index is 0.706. The lowest BCUT2D eigenvalue weighted by atomic mass is 9.49. The molecule has 8 aliphatic rings. The lowest BCUT2D eigenvalue weighted by Crippen LogP contribution is -2.76. The highest BCUT2D eigenvalue weighted by atomic mass is 16.7. The number of nitrogens with zero attached hydrogens (tertiary/aromatic N) is 2. The lowest BCUT2D eigenvalue weighted by molar-refractivity contribution is -0.187. The molecule has 2 saturated carbocycles. The number of hydrogen-bond donors (Lipinski definition) is 2. The first-order valence-electron chi connectivity index (χ1n) is 21.1. The number of esters is 1. The Morgan fingerprint density at radius 1 is 0.717 bits per heavy atom. The van der Waals surface area contributed by atoms with Gasteiger partial charge >= 0.3 is 12.1 Å². The molecule has 2 N–H and O–H groups in total. The van der Waals surface area contributed by atoms with Crippen molar-refractivity contribution in [1.82, 2.24) is 9.80 Å². The zero-order chi connectivity index (χ0) is 41.6. The molecule has 2 aromatic rings. The zero-order valence-corrected chi connectivity index (χ0v) is 33.5. The molecule has 0 radical (unpaired) electrons. The van der Waals surface area contributed by atoms with Gasteiger partial charge in [-0.25, -0.2) is 9.59 Å². The van der Waals surface area contributed by atoms with Crippen LogP contribution in [-0.2, 0) is 52.3 Å². The maximum atomic E-state index is 13.3. The molecule has 10 rings (SSSR count). The van der Waals surface area contributed by atoms with Gasteiger partial charge in [0.15, 0.2) is 46.8 Å². The molecular weight excluding hydrogens is 776 g/mol. The summed E-state index contributed by atoms with van der Waals surface area (Å²) in [6.45, 7) is 10.1. The molecule has 60 heavy (non-hydrogen) atoms. The molecule has 2 aromatic carbocycles. The highest BCUT2D eigenvalue weighted by Gasteiger charge is 2.74. The minimum Gasteiger partial charge on any atom is -0.477 e. The highest BCUT2D eigenvalue weighted by Crippen LogP contribution is 2.66. The predicted molar refractivity (Wildman–Crippen MR) is 210 cm³/mol. The van der Waals surface area contributed by atoms with Gasteiger partial charge in [0.1, 0.15) is 13.2 Å². The van der Waals surface area contributed by atoms with Crippen molar-refractivity contribution in [1.29, 1.82) is 0 Å². The van der Waals surface area contributed by atoms with Gasteiger partial charge < -0.3 is 43.4 Å². The normalized spacial score (nSPS) is 33.8. The van der Waals surface area contributed by atoms with Crippen LogP contribution in [0.2, 0.25) is 0 Å². The fraction of sp³-hybridized carbons (Fsp3) is 0.556. The third-order valence-corrected chi connectivity index (χ3v) is 14.9. The standard InChI is InChI=1S/C45H50N2O13/c1-3-15-46-17-13-42-35-26-5-7-30(37(35)59-39(42)28(48)9-11-44(42,52)32(46)23-26)57-34(50)25-55-20-19-54-21-22-56-41(51)58-31-8-6-27-24-33-45(53)12-10-29(49)40-43(45,36(27)38(31)60-40)14-18-47(33)16-4-2/h3-8,32-33,39-40,52-53H,1-2,9-25H2/t32-,33-,39+,40+,42+,43+,44-,45-/m1/s1. The summed E-state index contributed by atoms with van der Waals surface area (Å²) < 4.78 is 40.2. The van der Waals surface area contributed by atoms with Crippen molar-refractivity contribution in [2.75, 3.05) is 59.2 Å². The van der Waals surface area contributed by atoms with Gasteiger partial charge in [0, 0.05) is 62.2 Å². The Bertz CT molecular complexity index is 2040. The van der Waals surface area contributed by atoms with Gasteiger partial charge in [0.05, 0.1) is 41.9 Å². The second-order valence-corrected chi connectivity index (χ2v) is 17.4. The first kappa shape index (κ1) is 39.5. The van der Waals surface area contributed by atoms with E-state index in [9.17, 15) is 29.4 Å². The molecule has 0 unspecified atom stereocenters. The lowest BCUT2D eigenvalue weighted by Gasteiger charge is -2.62. The molecular formula is C45H50N2O13. The summed E-state index contributed by atoms with van der Waals surface area (Å²) in [5.74, 6) is 0.195. The molecule has 8 atom stereocenters. The van der Waals surface area contributed by atoms with Gasteiger partial charge in [-0.2, -0.15) is 0 Å². The van der Waals surface area contributed by atoms with E-state index in [0.29, 0.717) is 76.2 Å². The van der Waals surface area contributed by atoms with Crippen LogP contribution in [-0.4, -0.2) is 138 Å². The average Bonchev–Trinajstić information content (AvgIpc) is 3.77. The Labute approximate surface area is 347 Å². The molecule has 15 nitrogen and oxygen atoms in total. The fourth-order valence-corrected chi connectivity index (χ4v) is 12.6. The molecule has 2 saturated heterocycles. The maximum Gasteiger partial charge on any atom is 0.514 e. The Kier molecular flexibility index (Phi) is 9.54. The van der Waals surface area contributed by atoms with E-state index in [-0.39, 0.29) is 81.0 Å². The predicted octanol–water partition coefficient (Wildman–Crippen LogP) is 2.66. The van der Waals surface area contributed by atoms with Crippen molar-refractivity contribution in [2.24, 2.45) is 0 Å². The summed E-state index contributed by atoms with van der Waals surface area (Å²) in [6, 6.07) is 6.73. The number of likely N-dealkylation sites (tertiary alicyclic amines) is 2. The number of ether oxygens (including phenoxy) is 7. The van der Waals surface area contributed by atoms with Crippen molar-refractivity contribution >= 4 is 23.7 Å². The highest BCUT2D eigenvalue weighted by molar-refractivity contribution is 5.91. The quantitative estimate of drug-likeness (QED) is 0.0933. The number of carbonyl (C=O) groups is 4. The van der Waals surface area contributed by atoms with E-state index in [1.807, 2.05) is 24.3 Å². The smallest absolute Gasteiger partial charge is 0.477 e. The second-order valence-electron chi connectivity index (χ2n) is 17.4. The van der Waals surface area contributed by atoms with Crippen LogP contribution in [0.25, 0.3) is 0 Å². The van der Waals surface area contributed by atoms with Crippen molar-refractivity contribution in [3.63, 3.8) is 0 Å². The second kappa shape index (κ2) is 14.5. The van der Waals surface area contributed by atoms with Crippen LogP contribution in [0.5, 0.6) is 23.0 Å². The molecule has 4 heterocycles. The SMILES string of the molecule is C=CCN1CC[C@]23c4c5ccc(OC(=O)COCCOCCOC(=O)Oc6ccc7c8c6O[C@H]6C(=O)CC[C@@]9(O)[C@@H](C7)N(CC=C)CC[C@]869)c4O[C@H]2C(=O)CC[C@@]3(O)[C@H]1C5. The number of rotatable bonds is 14. The topological polar surface area (TPSA) is 180 Å². The van der Waals surface area contributed by atoms with Crippen LogP contribution in [0, 0.1) is 0 Å². The van der Waals surface area contributed by atoms with E-state index in [1.54, 1.807) is 12.1 Å². The van der Waals surface area contributed by atoms with Crippen LogP contribution < -0.4 is 18.9 Å². The average molecular weight is 827 g/mol. The molecule has 0 amide bonds. The minimum atomic E-state index is -1.18. The number of benzene rings is 2. The number of carbonyl (C=O) groups excluding carboxylic acids is 4. The molecule has 2 spiro atoms. The van der Waals surface area contributed by atoms with Gasteiger partial charge in [-0.15, -0.1) is 13.2 Å². The largest absolute Gasteiger partial charge is 0.514 e. The molecule has 0 aromatic heterocycles. The van der Waals surface area contributed by atoms with Crippen LogP contribution >= 0.6 is 0 Å². The van der Waals surface area contributed by atoms with E-state index in [4.69, 9.17) is 33.2 Å². The number of aliphatic hydroxyl groups is 2. The van der Waals surface area contributed by atoms with E-state index < -0.39 is 46.4 Å². The molecule has 4 aliphatic heterocycles. The summed E-state index contributed by atoms with van der Waals surface area (Å²) in [7, 11) is 0. The zero-order valence-electron chi connectivity index (χ0n) is 33.5. The third kappa shape index (κ3) is 5.42. The number of hydrogen-bond acceptors (Lipinski definition) is 15. The number of Topliss-reactive ketones (excluding diaryl/α,β-unsaturated/α-hetero) is 2. The first-order valence-corrected chi connectivity index (χ1v) is 21.1. The third-order valence-electron chi connectivity index (χ3n) is 14.9. The summed E-state index contributed by atoms with van der Waals surface area (Å²) in [6.07, 6.45) is 4.32. The molecule has 4 bridgehead atoms. The minimum absolute atomic E-state index is 0.0295. The van der Waals surface area contributed by atoms with Crippen molar-refractivity contribution in [3.8, 4) is 23.0 Å². The summed E-state index contributed by atoms with van der Waals surface area (Å²) in [5.41, 5.74) is -0.678. The van der Waals surface area contributed by atoms with Gasteiger partial charge in [-0.1, -0.05) is 24.3 Å². The molecule has 318 valence electrons. The van der Waals surface area contributed by atoms with Gasteiger partial charge in [-0.05, 0) is 61.8 Å². The van der Waals surface area contributed by atoms with Crippen LogP contribution in [0.4, 0.5) is 4.79 Å². The fourth-order valence-electron chi connectivity index (χ4n) is 12.6. The Hall–Kier alpha value is -4.64. The van der Waals surface area contributed by atoms with Crippen LogP contribution in [0.15, 0.2) is 49.6 Å². The number of piperidine rings is 2. The van der Waals surface area contributed by atoms with Crippen molar-refractivity contribution < 1.29 is 62.5 Å². The van der Waals surface area contributed by atoms with E-state index >= 15 is 0 Å². The van der Waals surface area contributed by atoms with Gasteiger partial charge in [0.25, 0.3) is 0 Å². The van der Waals surface area contributed by atoms with Crippen LogP contribution in [0.1, 0.15) is 60.8 Å². The van der Waals surface area contributed by atoms with Crippen LogP contribution in [0.3, 0.4) is 0 Å². The summed E-state index contributed by atoms with van der Waals surface area (Å²) in [4.78, 5) is 56.8. The summed E-state index contributed by atoms with van der Waals surface area (Å²) >= 11 is 0. The van der Waals surface area contributed by atoms with E-state index in [0.717, 1.165) is 22.3 Å². The molecule has 4 fully saturated rings. The molecule has 15 heteroatoms. The van der Waals surface area contributed by atoms with Gasteiger partial charge in [-0.3, -0.25) is 19.4 Å². The first-order chi connectivity index (χ1) is 29.0. The van der Waals surface area contributed by atoms with E-state index in [1.165, 1.54) is 0 Å². The van der Waals surface area contributed by atoms with Crippen molar-refractivity contribution in [2.45, 2.75) is 97.7 Å². The summed E-state index contributed by atoms with van der Waals surface area (Å²) in [5, 5.41) is 24.7. The Morgan fingerprint density at radius 2 is 1.22 bits per heavy atom. The Morgan fingerprint density at radius 3 is 1.75 bits per heavy atom. The van der Waals surface area contributed by atoms with Gasteiger partial charge in [0.2, 0.25) is 0 Å². The maximum absolute atomic E-state index is 13.3.